The van der Waals surface area contributed by atoms with Gasteiger partial charge in [-0.3, -0.25) is 4.79 Å². The summed E-state index contributed by atoms with van der Waals surface area (Å²) >= 11 is 0. The number of nitrogens with zero attached hydrogens (tertiary/aromatic N) is 1. The van der Waals surface area contributed by atoms with Gasteiger partial charge in [0.25, 0.3) is 0 Å². The van der Waals surface area contributed by atoms with Crippen LogP contribution >= 0.6 is 0 Å². The molecule has 1 fully saturated rings. The zero-order valence-electron chi connectivity index (χ0n) is 8.29. The maximum atomic E-state index is 11.7. The summed E-state index contributed by atoms with van der Waals surface area (Å²) in [4.78, 5) is 13.3. The van der Waals surface area contributed by atoms with E-state index in [2.05, 4.69) is 5.32 Å². The second-order valence-corrected chi connectivity index (χ2v) is 3.69. The first kappa shape index (κ1) is 10.5. The summed E-state index contributed by atoms with van der Waals surface area (Å²) in [7, 11) is 1.74. The smallest absolute Gasteiger partial charge is 0.225 e. The van der Waals surface area contributed by atoms with Crippen LogP contribution in [-0.4, -0.2) is 49.2 Å². The van der Waals surface area contributed by atoms with E-state index in [0.29, 0.717) is 12.5 Å². The number of hydrogen-bond donors (Lipinski definition) is 2. The third kappa shape index (κ3) is 2.42. The zero-order chi connectivity index (χ0) is 9.84. The van der Waals surface area contributed by atoms with Crippen molar-refractivity contribution in [1.29, 1.82) is 0 Å². The molecular formula is C9H18N2O2. The molecule has 1 amide bonds. The van der Waals surface area contributed by atoms with E-state index in [9.17, 15) is 4.79 Å². The van der Waals surface area contributed by atoms with Gasteiger partial charge in [0.15, 0.2) is 0 Å². The fraction of sp³-hybridized carbons (Fsp3) is 0.889. The van der Waals surface area contributed by atoms with E-state index in [1.165, 1.54) is 0 Å². The highest BCUT2D eigenvalue weighted by Gasteiger charge is 2.30. The lowest BCUT2D eigenvalue weighted by Gasteiger charge is -2.33. The van der Waals surface area contributed by atoms with Gasteiger partial charge in [0.1, 0.15) is 0 Å². The molecule has 1 aliphatic heterocycles. The maximum absolute atomic E-state index is 11.7. The summed E-state index contributed by atoms with van der Waals surface area (Å²) in [5.74, 6) is 0.701. The number of aliphatic hydroxyl groups excluding tert-OH is 1. The van der Waals surface area contributed by atoms with Crippen molar-refractivity contribution >= 4 is 5.91 Å². The molecule has 0 radical (unpaired) electrons. The first-order valence-electron chi connectivity index (χ1n) is 4.73. The maximum Gasteiger partial charge on any atom is 0.225 e. The van der Waals surface area contributed by atoms with Crippen LogP contribution in [0, 0.1) is 11.8 Å². The predicted molar refractivity (Wildman–Crippen MR) is 50.2 cm³/mol. The summed E-state index contributed by atoms with van der Waals surface area (Å²) in [5, 5.41) is 11.8. The van der Waals surface area contributed by atoms with Gasteiger partial charge in [-0.05, 0) is 19.0 Å². The molecule has 1 aliphatic rings. The van der Waals surface area contributed by atoms with Crippen LogP contribution < -0.4 is 5.32 Å². The number of likely N-dealkylation sites (N-methyl/N-ethyl adjacent to an activating group) is 1. The highest BCUT2D eigenvalue weighted by atomic mass is 16.3. The number of carbonyl (C=O) groups is 1. The van der Waals surface area contributed by atoms with Crippen molar-refractivity contribution in [3.63, 3.8) is 0 Å². The van der Waals surface area contributed by atoms with E-state index in [4.69, 9.17) is 5.11 Å². The number of rotatable bonds is 4. The van der Waals surface area contributed by atoms with Gasteiger partial charge in [-0.1, -0.05) is 6.92 Å². The van der Waals surface area contributed by atoms with E-state index >= 15 is 0 Å². The fourth-order valence-corrected chi connectivity index (χ4v) is 1.47. The van der Waals surface area contributed by atoms with Crippen molar-refractivity contribution in [2.24, 2.45) is 11.8 Å². The molecule has 0 bridgehead atoms. The minimum absolute atomic E-state index is 0.0396. The Hall–Kier alpha value is -0.610. The molecule has 1 unspecified atom stereocenters. The quantitative estimate of drug-likeness (QED) is 0.610. The van der Waals surface area contributed by atoms with E-state index in [0.717, 1.165) is 13.1 Å². The molecule has 2 N–H and O–H groups in total. The molecule has 13 heavy (non-hydrogen) atoms. The zero-order valence-corrected chi connectivity index (χ0v) is 8.29. The van der Waals surface area contributed by atoms with Crippen LogP contribution in [-0.2, 0) is 4.79 Å². The minimum atomic E-state index is 0.0396. The van der Waals surface area contributed by atoms with Crippen LogP contribution in [0.3, 0.4) is 0 Å². The number of aliphatic hydroxyl groups is 1. The Morgan fingerprint density at radius 2 is 2.31 bits per heavy atom. The topological polar surface area (TPSA) is 52.6 Å². The second-order valence-electron chi connectivity index (χ2n) is 3.69. The van der Waals surface area contributed by atoms with Crippen LogP contribution in [0.25, 0.3) is 0 Å². The number of nitrogens with one attached hydrogen (secondary N) is 1. The molecule has 1 atom stereocenters. The SMILES string of the molecule is CC(C(=O)N(C)CCO)C1CNC1. The monoisotopic (exact) mass is 186 g/mol. The number of hydrogen-bond acceptors (Lipinski definition) is 3. The van der Waals surface area contributed by atoms with Crippen molar-refractivity contribution in [2.75, 3.05) is 33.3 Å². The molecule has 0 spiro atoms. The van der Waals surface area contributed by atoms with Gasteiger partial charge < -0.3 is 15.3 Å². The predicted octanol–water partition coefficient (Wildman–Crippen LogP) is -0.707. The van der Waals surface area contributed by atoms with Crippen LogP contribution in [0.5, 0.6) is 0 Å². The first-order chi connectivity index (χ1) is 6.16. The van der Waals surface area contributed by atoms with Crippen molar-refractivity contribution in [3.05, 3.63) is 0 Å². The van der Waals surface area contributed by atoms with E-state index in [-0.39, 0.29) is 18.4 Å². The standard InChI is InChI=1S/C9H18N2O2/c1-7(8-5-10-6-8)9(13)11(2)3-4-12/h7-8,10,12H,3-6H2,1-2H3. The average molecular weight is 186 g/mol. The van der Waals surface area contributed by atoms with Crippen LogP contribution in [0.4, 0.5) is 0 Å². The number of carbonyl (C=O) groups excluding carboxylic acids is 1. The Morgan fingerprint density at radius 1 is 1.69 bits per heavy atom. The molecule has 4 heteroatoms. The van der Waals surface area contributed by atoms with Crippen LogP contribution in [0.15, 0.2) is 0 Å². The first-order valence-corrected chi connectivity index (χ1v) is 4.73. The van der Waals surface area contributed by atoms with Crippen LogP contribution in [0.2, 0.25) is 0 Å². The largest absolute Gasteiger partial charge is 0.395 e. The highest BCUT2D eigenvalue weighted by Crippen LogP contribution is 2.17. The highest BCUT2D eigenvalue weighted by molar-refractivity contribution is 5.78. The van der Waals surface area contributed by atoms with Gasteiger partial charge in [-0.25, -0.2) is 0 Å². The fourth-order valence-electron chi connectivity index (χ4n) is 1.47. The van der Waals surface area contributed by atoms with Gasteiger partial charge in [0.05, 0.1) is 6.61 Å². The lowest BCUT2D eigenvalue weighted by Crippen LogP contribution is -2.50. The van der Waals surface area contributed by atoms with E-state index < -0.39 is 0 Å². The molecule has 0 saturated carbocycles. The lowest BCUT2D eigenvalue weighted by molar-refractivity contribution is -0.136. The molecule has 0 aliphatic carbocycles. The van der Waals surface area contributed by atoms with Crippen molar-refractivity contribution in [1.82, 2.24) is 10.2 Å². The van der Waals surface area contributed by atoms with Gasteiger partial charge in [-0.2, -0.15) is 0 Å². The van der Waals surface area contributed by atoms with E-state index in [1.54, 1.807) is 11.9 Å². The third-order valence-electron chi connectivity index (χ3n) is 2.72. The second kappa shape index (κ2) is 4.58. The summed E-state index contributed by atoms with van der Waals surface area (Å²) in [5.41, 5.74) is 0. The van der Waals surface area contributed by atoms with Gasteiger partial charge >= 0.3 is 0 Å². The third-order valence-corrected chi connectivity index (χ3v) is 2.72. The molecular weight excluding hydrogens is 168 g/mol. The Kier molecular flexibility index (Phi) is 3.69. The van der Waals surface area contributed by atoms with Gasteiger partial charge in [0, 0.05) is 19.5 Å². The Bertz CT molecular complexity index is 180. The molecule has 1 heterocycles. The molecule has 76 valence electrons. The molecule has 4 nitrogen and oxygen atoms in total. The molecule has 0 aromatic carbocycles. The average Bonchev–Trinajstić information content (AvgIpc) is 2.00. The van der Waals surface area contributed by atoms with Gasteiger partial charge in [0.2, 0.25) is 5.91 Å². The van der Waals surface area contributed by atoms with Gasteiger partial charge in [-0.15, -0.1) is 0 Å². The Balaban J connectivity index is 2.36. The molecule has 0 aromatic heterocycles. The normalized spacial score (nSPS) is 19.3. The Morgan fingerprint density at radius 3 is 2.69 bits per heavy atom. The lowest BCUT2D eigenvalue weighted by atomic mass is 9.88. The van der Waals surface area contributed by atoms with Crippen LogP contribution in [0.1, 0.15) is 6.92 Å². The van der Waals surface area contributed by atoms with E-state index in [1.807, 2.05) is 6.92 Å². The summed E-state index contributed by atoms with van der Waals surface area (Å²) in [6.07, 6.45) is 0. The summed E-state index contributed by atoms with van der Waals surface area (Å²) < 4.78 is 0. The minimum Gasteiger partial charge on any atom is -0.395 e. The summed E-state index contributed by atoms with van der Waals surface area (Å²) in [6.45, 7) is 4.32. The van der Waals surface area contributed by atoms with Crippen molar-refractivity contribution in [3.8, 4) is 0 Å². The molecule has 0 aromatic rings. The van der Waals surface area contributed by atoms with Crippen molar-refractivity contribution in [2.45, 2.75) is 6.92 Å². The molecule has 1 rings (SSSR count). The van der Waals surface area contributed by atoms with Crippen molar-refractivity contribution < 1.29 is 9.90 Å². The Labute approximate surface area is 78.9 Å². The number of amides is 1. The molecule has 1 saturated heterocycles. The summed E-state index contributed by atoms with van der Waals surface area (Å²) in [6, 6.07) is 0.